The molecule has 0 aliphatic carbocycles. The summed E-state index contributed by atoms with van der Waals surface area (Å²) in [5, 5.41) is 21.4. The van der Waals surface area contributed by atoms with Crippen molar-refractivity contribution < 1.29 is 80.9 Å². The quantitative estimate of drug-likeness (QED) is 0.0472. The van der Waals surface area contributed by atoms with Crippen molar-refractivity contribution in [2.75, 3.05) is 60.9 Å². The molecule has 0 bridgehead atoms. The van der Waals surface area contributed by atoms with Gasteiger partial charge in [0, 0.05) is 37.5 Å². The molecule has 0 fully saturated rings. The van der Waals surface area contributed by atoms with E-state index >= 15 is 0 Å². The summed E-state index contributed by atoms with van der Waals surface area (Å²) in [5.74, 6) is -1.48. The third-order valence-electron chi connectivity index (χ3n) is 8.42. The summed E-state index contributed by atoms with van der Waals surface area (Å²) in [6, 6.07) is 0. The summed E-state index contributed by atoms with van der Waals surface area (Å²) < 4.78 is 33.1. The first-order valence-corrected chi connectivity index (χ1v) is 19.6. The molecule has 0 aromatic rings. The summed E-state index contributed by atoms with van der Waals surface area (Å²) in [4.78, 5) is 44.8. The number of carbonyl (C=O) groups is 4. The number of nitrogens with one attached hydrogen (secondary N) is 1. The second-order valence-corrected chi connectivity index (χ2v) is 16.4. The number of ketones is 1. The maximum absolute atomic E-state index is 11.8. The zero-order chi connectivity index (χ0) is 37.1. The molecule has 0 spiro atoms. The van der Waals surface area contributed by atoms with E-state index in [1.807, 2.05) is 28.2 Å². The van der Waals surface area contributed by atoms with Gasteiger partial charge < -0.3 is 33.8 Å². The number of aliphatic carboxylic acids is 2. The number of rotatable bonds is 30. The van der Waals surface area contributed by atoms with Crippen LogP contribution in [0.3, 0.4) is 0 Å². The Balaban J connectivity index is -0.000000858. The second kappa shape index (κ2) is 30.5. The predicted octanol–water partition coefficient (Wildman–Crippen LogP) is 1.01. The molecule has 0 rings (SSSR count). The van der Waals surface area contributed by atoms with Gasteiger partial charge in [0.15, 0.2) is 6.54 Å². The summed E-state index contributed by atoms with van der Waals surface area (Å²) >= 11 is 0. The summed E-state index contributed by atoms with van der Waals surface area (Å²) in [5.41, 5.74) is 0. The Morgan fingerprint density at radius 3 is 1.65 bits per heavy atom. The van der Waals surface area contributed by atoms with Crippen molar-refractivity contribution in [3.63, 3.8) is 0 Å². The van der Waals surface area contributed by atoms with Gasteiger partial charge >= 0.3 is 35.5 Å². The molecule has 284 valence electrons. The van der Waals surface area contributed by atoms with E-state index in [1.165, 1.54) is 45.4 Å². The Hall–Kier alpha value is -1.09. The fourth-order valence-corrected chi connectivity index (χ4v) is 5.81. The third kappa shape index (κ3) is 38.0. The number of carboxylic acids is 2. The van der Waals surface area contributed by atoms with Crippen LogP contribution < -0.4 is 40.0 Å². The van der Waals surface area contributed by atoms with Crippen LogP contribution in [-0.4, -0.2) is 117 Å². The van der Waals surface area contributed by atoms with Crippen LogP contribution in [0.15, 0.2) is 0 Å². The van der Waals surface area contributed by atoms with Crippen molar-refractivity contribution in [1.82, 2.24) is 5.32 Å². The van der Waals surface area contributed by atoms with E-state index in [2.05, 4.69) is 12.2 Å². The van der Waals surface area contributed by atoms with E-state index in [4.69, 9.17) is 5.11 Å². The van der Waals surface area contributed by atoms with Gasteiger partial charge in [-0.1, -0.05) is 71.1 Å². The molecule has 0 aromatic carbocycles. The number of unbranched alkanes of at least 4 members (excludes halogenated alkanes) is 11. The van der Waals surface area contributed by atoms with Gasteiger partial charge in [-0.3, -0.25) is 9.59 Å². The van der Waals surface area contributed by atoms with Crippen LogP contribution in [0.25, 0.3) is 0 Å². The molecule has 0 aliphatic heterocycles. The number of likely N-dealkylation sites (N-methyl/N-ethyl adjacent to an activating group) is 2. The van der Waals surface area contributed by atoms with E-state index in [1.54, 1.807) is 0 Å². The number of hydrogen-bond acceptors (Lipinski definition) is 8. The van der Waals surface area contributed by atoms with Crippen LogP contribution in [-0.2, 0) is 29.3 Å². The molecule has 1 unspecified atom stereocenters. The van der Waals surface area contributed by atoms with E-state index in [0.29, 0.717) is 59.9 Å². The van der Waals surface area contributed by atoms with Crippen LogP contribution in [0, 0.1) is 0 Å². The van der Waals surface area contributed by atoms with Gasteiger partial charge in [0.05, 0.1) is 57.4 Å². The van der Waals surface area contributed by atoms with E-state index < -0.39 is 27.3 Å². The Labute approximate surface area is 320 Å². The zero-order valence-corrected chi connectivity index (χ0v) is 34.9. The van der Waals surface area contributed by atoms with Crippen molar-refractivity contribution in [3.8, 4) is 0 Å². The van der Waals surface area contributed by atoms with Crippen LogP contribution >= 0.6 is 0 Å². The van der Waals surface area contributed by atoms with Gasteiger partial charge in [0.25, 0.3) is 0 Å². The van der Waals surface area contributed by atoms with Crippen LogP contribution in [0.4, 0.5) is 0 Å². The maximum Gasteiger partial charge on any atom is 1.00 e. The minimum absolute atomic E-state index is 0. The number of amides is 1. The molecule has 1 atom stereocenters. The van der Waals surface area contributed by atoms with Gasteiger partial charge in [0.2, 0.25) is 5.91 Å². The SMILES string of the molecule is CC(CCCCCCCC(=O)NCCC[N+](C)(C)CC(=O)[O-])S(=O)(=O)[O-].CCCCCCCCCC(=O)CCCC[N+](C)(C)CC(=O)O.[Na+]. The number of carboxylic acid groups (broad SMARTS) is 2. The van der Waals surface area contributed by atoms with Crippen molar-refractivity contribution in [3.05, 3.63) is 0 Å². The maximum atomic E-state index is 11.8. The minimum Gasteiger partial charge on any atom is -0.748 e. The standard InChI is InChI=1S/C18H35NO3.C17H34N2O6S.Na/c1-4-5-6-7-8-9-10-13-17(20)14-11-12-15-19(2,3)16-18(21)22;1-15(26(23,24)25)10-7-5-4-6-8-11-16(20)18-12-9-13-19(2,3)14-17(21)22;/h4-16H2,1-3H3;15H,4-14H2,1-3H3,(H2-,18,20,21,22,23,24,25);/q;;+1. The first kappa shape index (κ1) is 52.3. The molecule has 2 N–H and O–H groups in total. The van der Waals surface area contributed by atoms with Crippen molar-refractivity contribution in [2.24, 2.45) is 0 Å². The van der Waals surface area contributed by atoms with E-state index in [-0.39, 0.29) is 48.6 Å². The van der Waals surface area contributed by atoms with Crippen LogP contribution in [0.5, 0.6) is 0 Å². The number of quaternary nitrogens is 2. The Morgan fingerprint density at radius 2 is 1.14 bits per heavy atom. The van der Waals surface area contributed by atoms with Gasteiger partial charge in [0.1, 0.15) is 12.3 Å². The second-order valence-electron chi connectivity index (χ2n) is 14.6. The molecule has 12 nitrogen and oxygen atoms in total. The summed E-state index contributed by atoms with van der Waals surface area (Å²) in [6.07, 6.45) is 17.6. The summed E-state index contributed by atoms with van der Waals surface area (Å²) in [6.45, 7) is 5.74. The number of nitrogens with zero attached hydrogens (tertiary/aromatic N) is 2. The third-order valence-corrected chi connectivity index (χ3v) is 9.64. The number of carbonyl (C=O) groups excluding carboxylic acids is 3. The normalized spacial score (nSPS) is 12.3. The molecule has 0 aliphatic rings. The first-order chi connectivity index (χ1) is 22.3. The Kier molecular flexibility index (Phi) is 32.6. The smallest absolute Gasteiger partial charge is 0.748 e. The Morgan fingerprint density at radius 1 is 0.694 bits per heavy atom. The Bertz CT molecular complexity index is 1010. The fourth-order valence-electron chi connectivity index (χ4n) is 5.36. The van der Waals surface area contributed by atoms with Crippen molar-refractivity contribution in [2.45, 2.75) is 141 Å². The van der Waals surface area contributed by atoms with Crippen molar-refractivity contribution >= 4 is 33.7 Å². The molecule has 49 heavy (non-hydrogen) atoms. The van der Waals surface area contributed by atoms with E-state index in [9.17, 15) is 37.3 Å². The number of hydrogen-bond donors (Lipinski definition) is 2. The zero-order valence-electron chi connectivity index (χ0n) is 32.1. The summed E-state index contributed by atoms with van der Waals surface area (Å²) in [7, 11) is 3.30. The van der Waals surface area contributed by atoms with E-state index in [0.717, 1.165) is 57.9 Å². The monoisotopic (exact) mass is 730 g/mol. The van der Waals surface area contributed by atoms with Crippen LogP contribution in [0.1, 0.15) is 136 Å². The van der Waals surface area contributed by atoms with Gasteiger partial charge in [-0.2, -0.15) is 0 Å². The molecule has 0 saturated heterocycles. The minimum atomic E-state index is -4.17. The number of Topliss-reactive ketones (excluding diaryl/α,β-unsaturated/α-hetero) is 1. The van der Waals surface area contributed by atoms with Crippen molar-refractivity contribution in [1.29, 1.82) is 0 Å². The average molecular weight is 731 g/mol. The average Bonchev–Trinajstić information content (AvgIpc) is 2.95. The molecule has 0 saturated carbocycles. The predicted molar refractivity (Wildman–Crippen MR) is 187 cm³/mol. The largest absolute Gasteiger partial charge is 1.00 e. The molecule has 1 amide bonds. The fraction of sp³-hybridized carbons (Fsp3) is 0.886. The van der Waals surface area contributed by atoms with Gasteiger partial charge in [-0.15, -0.1) is 0 Å². The topological polar surface area (TPSA) is 181 Å². The first-order valence-electron chi connectivity index (χ1n) is 18.1. The molecular formula is C35H69N3NaO9S+. The van der Waals surface area contributed by atoms with Gasteiger partial charge in [-0.05, 0) is 39.0 Å². The van der Waals surface area contributed by atoms with Crippen LogP contribution in [0.2, 0.25) is 0 Å². The molecule has 14 heteroatoms. The molecule has 0 heterocycles. The molecule has 0 radical (unpaired) electrons. The molecule has 0 aromatic heterocycles. The van der Waals surface area contributed by atoms with Gasteiger partial charge in [-0.25, -0.2) is 13.2 Å². The molecular weight excluding hydrogens is 661 g/mol.